The fraction of sp³-hybridized carbons (Fsp3) is 0.235. The van der Waals surface area contributed by atoms with Crippen LogP contribution in [0.25, 0.3) is 10.9 Å². The molecule has 5 nitrogen and oxygen atoms in total. The summed E-state index contributed by atoms with van der Waals surface area (Å²) in [6.45, 7) is 3.09. The fourth-order valence-corrected chi connectivity index (χ4v) is 3.06. The van der Waals surface area contributed by atoms with Gasteiger partial charge in [-0.1, -0.05) is 25.1 Å². The normalized spacial score (nSPS) is 12.0. The third kappa shape index (κ3) is 3.84. The number of benzene rings is 1. The fourth-order valence-electron chi connectivity index (χ4n) is 2.36. The van der Waals surface area contributed by atoms with Gasteiger partial charge in [0.25, 0.3) is 0 Å². The number of urea groups is 1. The summed E-state index contributed by atoms with van der Waals surface area (Å²) in [5, 5.41) is 9.83. The third-order valence-corrected chi connectivity index (χ3v) is 4.63. The summed E-state index contributed by atoms with van der Waals surface area (Å²) < 4.78 is 0. The van der Waals surface area contributed by atoms with E-state index in [9.17, 15) is 4.79 Å². The van der Waals surface area contributed by atoms with Crippen molar-refractivity contribution >= 4 is 28.3 Å². The predicted molar refractivity (Wildman–Crippen MR) is 92.5 cm³/mol. The Labute approximate surface area is 138 Å². The summed E-state index contributed by atoms with van der Waals surface area (Å²) in [7, 11) is 0. The molecule has 23 heavy (non-hydrogen) atoms. The molecule has 2 N–H and O–H groups in total. The van der Waals surface area contributed by atoms with Gasteiger partial charge in [-0.2, -0.15) is 0 Å². The maximum absolute atomic E-state index is 12.0. The summed E-state index contributed by atoms with van der Waals surface area (Å²) in [4.78, 5) is 20.6. The first-order valence-electron chi connectivity index (χ1n) is 7.48. The molecule has 0 unspecified atom stereocenters. The molecule has 0 radical (unpaired) electrons. The molecule has 2 heterocycles. The van der Waals surface area contributed by atoms with Crippen LogP contribution in [0, 0.1) is 0 Å². The number of nitrogens with one attached hydrogen (secondary N) is 2. The highest BCUT2D eigenvalue weighted by molar-refractivity contribution is 7.09. The number of para-hydroxylation sites is 1. The molecule has 1 atom stereocenters. The molecule has 0 aliphatic carbocycles. The topological polar surface area (TPSA) is 66.9 Å². The van der Waals surface area contributed by atoms with Crippen LogP contribution in [0.15, 0.2) is 48.1 Å². The number of nitrogens with zero attached hydrogens (tertiary/aromatic N) is 2. The molecule has 0 aliphatic heterocycles. The minimum atomic E-state index is -0.172. The van der Waals surface area contributed by atoms with Crippen molar-refractivity contribution in [3.8, 4) is 0 Å². The number of fused-ring (bicyclic) bond motifs is 1. The van der Waals surface area contributed by atoms with Crippen LogP contribution in [0.1, 0.15) is 23.4 Å². The second-order valence-corrected chi connectivity index (χ2v) is 6.25. The van der Waals surface area contributed by atoms with Crippen molar-refractivity contribution in [1.82, 2.24) is 20.6 Å². The number of amides is 2. The van der Waals surface area contributed by atoms with E-state index in [1.807, 2.05) is 35.7 Å². The molecule has 118 valence electrons. The Bertz CT molecular complexity index is 783. The molecule has 3 rings (SSSR count). The number of aromatic nitrogens is 2. The van der Waals surface area contributed by atoms with Crippen LogP contribution >= 0.6 is 11.3 Å². The molecule has 1 aromatic carbocycles. The van der Waals surface area contributed by atoms with E-state index in [2.05, 4.69) is 27.5 Å². The maximum Gasteiger partial charge on any atom is 0.315 e. The number of carbonyl (C=O) groups excluding carboxylic acids is 1. The van der Waals surface area contributed by atoms with Crippen LogP contribution in [-0.2, 0) is 6.54 Å². The van der Waals surface area contributed by atoms with Crippen molar-refractivity contribution in [2.45, 2.75) is 19.4 Å². The lowest BCUT2D eigenvalue weighted by Gasteiger charge is -2.12. The molecule has 0 saturated carbocycles. The molecule has 6 heteroatoms. The zero-order valence-corrected chi connectivity index (χ0v) is 13.6. The van der Waals surface area contributed by atoms with E-state index >= 15 is 0 Å². The monoisotopic (exact) mass is 326 g/mol. The van der Waals surface area contributed by atoms with E-state index in [1.54, 1.807) is 23.7 Å². The minimum absolute atomic E-state index is 0.172. The van der Waals surface area contributed by atoms with E-state index in [4.69, 9.17) is 0 Å². The van der Waals surface area contributed by atoms with Crippen LogP contribution in [0.4, 0.5) is 4.79 Å². The van der Waals surface area contributed by atoms with E-state index < -0.39 is 0 Å². The summed E-state index contributed by atoms with van der Waals surface area (Å²) in [5.74, 6) is 0.211. The number of thiazole rings is 1. The van der Waals surface area contributed by atoms with E-state index in [1.165, 1.54) is 0 Å². The first-order chi connectivity index (χ1) is 11.2. The Hall–Kier alpha value is -2.47. The van der Waals surface area contributed by atoms with Crippen LogP contribution in [0.3, 0.4) is 0 Å². The molecular weight excluding hydrogens is 308 g/mol. The van der Waals surface area contributed by atoms with Crippen molar-refractivity contribution in [3.05, 3.63) is 58.7 Å². The Kier molecular flexibility index (Phi) is 4.83. The van der Waals surface area contributed by atoms with Gasteiger partial charge in [-0.15, -0.1) is 11.3 Å². The van der Waals surface area contributed by atoms with Crippen molar-refractivity contribution in [2.75, 3.05) is 6.54 Å². The van der Waals surface area contributed by atoms with Crippen molar-refractivity contribution in [3.63, 3.8) is 0 Å². The lowest BCUT2D eigenvalue weighted by molar-refractivity contribution is 0.240. The van der Waals surface area contributed by atoms with Crippen LogP contribution in [0.5, 0.6) is 0 Å². The SMILES string of the molecule is C[C@@H](CNC(=O)NCc1ccnc2ccccc12)c1nccs1. The van der Waals surface area contributed by atoms with Gasteiger partial charge < -0.3 is 10.6 Å². The van der Waals surface area contributed by atoms with Gasteiger partial charge in [0.1, 0.15) is 0 Å². The zero-order valence-electron chi connectivity index (χ0n) is 12.8. The molecule has 0 spiro atoms. The third-order valence-electron chi connectivity index (χ3n) is 3.62. The molecule has 0 fully saturated rings. The van der Waals surface area contributed by atoms with Crippen LogP contribution < -0.4 is 10.6 Å². The van der Waals surface area contributed by atoms with Gasteiger partial charge in [0.05, 0.1) is 10.5 Å². The lowest BCUT2D eigenvalue weighted by Crippen LogP contribution is -2.37. The van der Waals surface area contributed by atoms with Gasteiger partial charge >= 0.3 is 6.03 Å². The van der Waals surface area contributed by atoms with Crippen LogP contribution in [0.2, 0.25) is 0 Å². The average Bonchev–Trinajstić information content (AvgIpc) is 3.12. The summed E-state index contributed by atoms with van der Waals surface area (Å²) in [6, 6.07) is 9.68. The van der Waals surface area contributed by atoms with Gasteiger partial charge in [0.2, 0.25) is 0 Å². The van der Waals surface area contributed by atoms with E-state index in [0.29, 0.717) is 13.1 Å². The Morgan fingerprint density at radius 2 is 2.04 bits per heavy atom. The highest BCUT2D eigenvalue weighted by Gasteiger charge is 2.10. The standard InChI is InChI=1S/C17H18N4OS/c1-12(16-19-8-9-23-16)10-20-17(22)21-11-13-6-7-18-15-5-3-2-4-14(13)15/h2-9,12H,10-11H2,1H3,(H2,20,21,22)/t12-/m0/s1. The predicted octanol–water partition coefficient (Wildman–Crippen LogP) is 3.29. The molecule has 0 saturated heterocycles. The van der Waals surface area contributed by atoms with Crippen LogP contribution in [-0.4, -0.2) is 22.5 Å². The number of pyridine rings is 1. The molecular formula is C17H18N4OS. The lowest BCUT2D eigenvalue weighted by atomic mass is 10.1. The zero-order chi connectivity index (χ0) is 16.1. The van der Waals surface area contributed by atoms with Crippen molar-refractivity contribution in [1.29, 1.82) is 0 Å². The second-order valence-electron chi connectivity index (χ2n) is 5.32. The highest BCUT2D eigenvalue weighted by atomic mass is 32.1. The quantitative estimate of drug-likeness (QED) is 0.756. The minimum Gasteiger partial charge on any atom is -0.337 e. The van der Waals surface area contributed by atoms with Crippen molar-refractivity contribution in [2.24, 2.45) is 0 Å². The number of hydrogen-bond donors (Lipinski definition) is 2. The molecule has 0 aliphatic rings. The summed E-state index contributed by atoms with van der Waals surface area (Å²) in [6.07, 6.45) is 3.55. The van der Waals surface area contributed by atoms with Crippen molar-refractivity contribution < 1.29 is 4.79 Å². The molecule has 2 aromatic heterocycles. The maximum atomic E-state index is 12.0. The first-order valence-corrected chi connectivity index (χ1v) is 8.35. The molecule has 0 bridgehead atoms. The Morgan fingerprint density at radius 3 is 2.87 bits per heavy atom. The molecule has 2 amide bonds. The van der Waals surface area contributed by atoms with E-state index in [-0.39, 0.29) is 11.9 Å². The van der Waals surface area contributed by atoms with Gasteiger partial charge in [0, 0.05) is 42.2 Å². The number of hydrogen-bond acceptors (Lipinski definition) is 4. The van der Waals surface area contributed by atoms with E-state index in [0.717, 1.165) is 21.5 Å². The largest absolute Gasteiger partial charge is 0.337 e. The highest BCUT2D eigenvalue weighted by Crippen LogP contribution is 2.17. The van der Waals surface area contributed by atoms with Gasteiger partial charge in [-0.05, 0) is 17.7 Å². The first kappa shape index (κ1) is 15.4. The summed E-state index contributed by atoms with van der Waals surface area (Å²) in [5.41, 5.74) is 1.99. The average molecular weight is 326 g/mol. The Balaban J connectivity index is 1.54. The second kappa shape index (κ2) is 7.19. The van der Waals surface area contributed by atoms with Gasteiger partial charge in [-0.3, -0.25) is 4.98 Å². The number of carbonyl (C=O) groups is 1. The number of rotatable bonds is 5. The summed E-state index contributed by atoms with van der Waals surface area (Å²) >= 11 is 1.60. The smallest absolute Gasteiger partial charge is 0.315 e. The Morgan fingerprint density at radius 1 is 1.17 bits per heavy atom. The van der Waals surface area contributed by atoms with Gasteiger partial charge in [0.15, 0.2) is 0 Å². The van der Waals surface area contributed by atoms with Gasteiger partial charge in [-0.25, -0.2) is 9.78 Å². The molecule has 3 aromatic rings.